The van der Waals surface area contributed by atoms with Crippen LogP contribution in [0.5, 0.6) is 0 Å². The van der Waals surface area contributed by atoms with E-state index in [4.69, 9.17) is 16.3 Å². The summed E-state index contributed by atoms with van der Waals surface area (Å²) in [5, 5.41) is 6.22. The molecule has 0 aliphatic carbocycles. The Morgan fingerprint density at radius 3 is 2.20 bits per heavy atom. The Bertz CT molecular complexity index is 1110. The van der Waals surface area contributed by atoms with Crippen molar-refractivity contribution >= 4 is 35.2 Å². The summed E-state index contributed by atoms with van der Waals surface area (Å²) in [7, 11) is 0. The third-order valence-corrected chi connectivity index (χ3v) is 6.94. The topological polar surface area (TPSA) is 87.7 Å². The molecule has 0 aromatic heterocycles. The number of hydrogen-bond donors (Lipinski definition) is 2. The lowest BCUT2D eigenvalue weighted by Crippen LogP contribution is -2.53. The number of nitrogens with one attached hydrogen (secondary N) is 2. The second-order valence-corrected chi connectivity index (χ2v) is 12.4. The average molecular weight is 586 g/mol. The van der Waals surface area contributed by atoms with Crippen LogP contribution in [-0.4, -0.2) is 41.0 Å². The molecular formula is C33H48ClN3O4. The molecule has 2 unspecified atom stereocenters. The van der Waals surface area contributed by atoms with Gasteiger partial charge in [-0.2, -0.15) is 0 Å². The van der Waals surface area contributed by atoms with Crippen LogP contribution in [0, 0.1) is 12.8 Å². The number of ether oxygens (including phenoxy) is 1. The summed E-state index contributed by atoms with van der Waals surface area (Å²) in [4.78, 5) is 42.9. The first-order valence-corrected chi connectivity index (χ1v) is 15.1. The zero-order valence-electron chi connectivity index (χ0n) is 25.8. The van der Waals surface area contributed by atoms with E-state index >= 15 is 0 Å². The molecule has 2 atom stereocenters. The van der Waals surface area contributed by atoms with Crippen LogP contribution in [0.25, 0.3) is 0 Å². The van der Waals surface area contributed by atoms with Crippen molar-refractivity contribution in [3.05, 3.63) is 64.7 Å². The molecule has 0 aliphatic heterocycles. The normalized spacial score (nSPS) is 12.9. The molecule has 2 aromatic rings. The molecule has 0 saturated carbocycles. The monoisotopic (exact) mass is 585 g/mol. The van der Waals surface area contributed by atoms with Crippen molar-refractivity contribution in [3.63, 3.8) is 0 Å². The first kappa shape index (κ1) is 34.1. The number of amides is 3. The van der Waals surface area contributed by atoms with Gasteiger partial charge < -0.3 is 20.3 Å². The SMILES string of the molecule is CCCCCCCN(C(=O)C(CC(C)C)NC(=O)OC(C)(C)C)C(C(=O)Nc1c(C)cccc1Cl)c1ccccc1. The number of anilines is 1. The van der Waals surface area contributed by atoms with Crippen molar-refractivity contribution in [3.8, 4) is 0 Å². The van der Waals surface area contributed by atoms with Crippen molar-refractivity contribution in [1.29, 1.82) is 0 Å². The van der Waals surface area contributed by atoms with E-state index in [0.717, 1.165) is 37.7 Å². The number of unbranched alkanes of at least 4 members (excludes halogenated alkanes) is 4. The number of aryl methyl sites for hydroxylation is 1. The van der Waals surface area contributed by atoms with Gasteiger partial charge in [-0.15, -0.1) is 0 Å². The van der Waals surface area contributed by atoms with Gasteiger partial charge in [0.05, 0.1) is 10.7 Å². The third-order valence-electron chi connectivity index (χ3n) is 6.63. The molecule has 0 radical (unpaired) electrons. The smallest absolute Gasteiger partial charge is 0.408 e. The zero-order chi connectivity index (χ0) is 30.6. The number of hydrogen-bond acceptors (Lipinski definition) is 4. The fraction of sp³-hybridized carbons (Fsp3) is 0.545. The number of carbonyl (C=O) groups excluding carboxylic acids is 3. The predicted octanol–water partition coefficient (Wildman–Crippen LogP) is 8.07. The van der Waals surface area contributed by atoms with Gasteiger partial charge >= 0.3 is 6.09 Å². The molecule has 2 aromatic carbocycles. The van der Waals surface area contributed by atoms with E-state index < -0.39 is 23.8 Å². The summed E-state index contributed by atoms with van der Waals surface area (Å²) < 4.78 is 5.49. The highest BCUT2D eigenvalue weighted by Gasteiger charge is 2.36. The molecule has 0 spiro atoms. The number of halogens is 1. The van der Waals surface area contributed by atoms with E-state index in [-0.39, 0.29) is 17.7 Å². The Morgan fingerprint density at radius 1 is 0.951 bits per heavy atom. The Morgan fingerprint density at radius 2 is 1.61 bits per heavy atom. The molecule has 0 bridgehead atoms. The summed E-state index contributed by atoms with van der Waals surface area (Å²) >= 11 is 6.46. The van der Waals surface area contributed by atoms with Gasteiger partial charge in [0.15, 0.2) is 0 Å². The van der Waals surface area contributed by atoms with Crippen LogP contribution in [0.4, 0.5) is 10.5 Å². The number of alkyl carbamates (subject to hydrolysis) is 1. The van der Waals surface area contributed by atoms with Crippen molar-refractivity contribution < 1.29 is 19.1 Å². The first-order chi connectivity index (χ1) is 19.3. The van der Waals surface area contributed by atoms with Gasteiger partial charge in [0, 0.05) is 6.54 Å². The lowest BCUT2D eigenvalue weighted by molar-refractivity contribution is -0.141. The van der Waals surface area contributed by atoms with E-state index in [1.54, 1.807) is 31.7 Å². The lowest BCUT2D eigenvalue weighted by atomic mass is 9.98. The summed E-state index contributed by atoms with van der Waals surface area (Å²) in [5.41, 5.74) is 1.30. The van der Waals surface area contributed by atoms with E-state index in [2.05, 4.69) is 17.6 Å². The Kier molecular flexibility index (Phi) is 13.7. The van der Waals surface area contributed by atoms with Crippen LogP contribution in [0.1, 0.15) is 97.2 Å². The second-order valence-electron chi connectivity index (χ2n) is 12.0. The summed E-state index contributed by atoms with van der Waals surface area (Å²) in [6.45, 7) is 13.7. The lowest BCUT2D eigenvalue weighted by Gasteiger charge is -2.35. The molecule has 2 N–H and O–H groups in total. The van der Waals surface area contributed by atoms with E-state index in [1.165, 1.54) is 0 Å². The number of para-hydroxylation sites is 1. The highest BCUT2D eigenvalue weighted by atomic mass is 35.5. The minimum Gasteiger partial charge on any atom is -0.444 e. The van der Waals surface area contributed by atoms with Crippen molar-refractivity contribution in [2.45, 2.75) is 105 Å². The van der Waals surface area contributed by atoms with Crippen LogP contribution in [-0.2, 0) is 14.3 Å². The highest BCUT2D eigenvalue weighted by molar-refractivity contribution is 6.34. The Hall–Kier alpha value is -3.06. The highest BCUT2D eigenvalue weighted by Crippen LogP contribution is 2.30. The maximum absolute atomic E-state index is 14.4. The Balaban J connectivity index is 2.52. The minimum absolute atomic E-state index is 0.111. The van der Waals surface area contributed by atoms with Crippen LogP contribution in [0.2, 0.25) is 5.02 Å². The predicted molar refractivity (Wildman–Crippen MR) is 167 cm³/mol. The van der Waals surface area contributed by atoms with E-state index in [0.29, 0.717) is 29.2 Å². The third kappa shape index (κ3) is 11.4. The van der Waals surface area contributed by atoms with Crippen LogP contribution in [0.15, 0.2) is 48.5 Å². The number of benzene rings is 2. The maximum atomic E-state index is 14.4. The van der Waals surface area contributed by atoms with Gasteiger partial charge in [0.2, 0.25) is 5.91 Å². The number of carbonyl (C=O) groups is 3. The minimum atomic E-state index is -0.930. The molecule has 7 nitrogen and oxygen atoms in total. The van der Waals surface area contributed by atoms with Crippen molar-refractivity contribution in [1.82, 2.24) is 10.2 Å². The molecule has 2 rings (SSSR count). The largest absolute Gasteiger partial charge is 0.444 e. The molecule has 226 valence electrons. The molecule has 0 saturated heterocycles. The number of nitrogens with zero attached hydrogens (tertiary/aromatic N) is 1. The molecule has 3 amide bonds. The summed E-state index contributed by atoms with van der Waals surface area (Å²) in [6.07, 6.45) is 4.66. The van der Waals surface area contributed by atoms with Gasteiger partial charge in [-0.25, -0.2) is 4.79 Å². The molecule has 0 fully saturated rings. The number of rotatable bonds is 14. The maximum Gasteiger partial charge on any atom is 0.408 e. The van der Waals surface area contributed by atoms with Crippen molar-refractivity contribution in [2.24, 2.45) is 5.92 Å². The quantitative estimate of drug-likeness (QED) is 0.219. The van der Waals surface area contributed by atoms with Crippen molar-refractivity contribution in [2.75, 3.05) is 11.9 Å². The van der Waals surface area contributed by atoms with Gasteiger partial charge in [-0.1, -0.05) is 101 Å². The standard InChI is InChI=1S/C33H48ClN3O4/c1-8-9-10-11-15-21-37(31(39)27(22-23(2)3)35-32(40)41-33(5,6)7)29(25-18-13-12-14-19-25)30(38)36-28-24(4)17-16-20-26(28)34/h12-14,16-20,23,27,29H,8-11,15,21-22H2,1-7H3,(H,35,40)(H,36,38). The molecule has 8 heteroatoms. The molecule has 0 aliphatic rings. The molecule has 0 heterocycles. The fourth-order valence-corrected chi connectivity index (χ4v) is 4.95. The second kappa shape index (κ2) is 16.4. The van der Waals surface area contributed by atoms with Gasteiger partial charge in [-0.05, 0) is 63.6 Å². The van der Waals surface area contributed by atoms with E-state index in [1.807, 2.05) is 63.2 Å². The summed E-state index contributed by atoms with van der Waals surface area (Å²) in [6, 6.07) is 12.9. The molecular weight excluding hydrogens is 538 g/mol. The van der Waals surface area contributed by atoms with Crippen LogP contribution in [0.3, 0.4) is 0 Å². The molecule has 41 heavy (non-hydrogen) atoms. The van der Waals surface area contributed by atoms with Crippen LogP contribution < -0.4 is 10.6 Å². The van der Waals surface area contributed by atoms with E-state index in [9.17, 15) is 14.4 Å². The van der Waals surface area contributed by atoms with Gasteiger partial charge in [0.1, 0.15) is 17.7 Å². The fourth-order valence-electron chi connectivity index (χ4n) is 4.69. The summed E-state index contributed by atoms with van der Waals surface area (Å²) in [5.74, 6) is -0.574. The average Bonchev–Trinajstić information content (AvgIpc) is 2.88. The van der Waals surface area contributed by atoms with Crippen LogP contribution >= 0.6 is 11.6 Å². The Labute approximate surface area is 251 Å². The van der Waals surface area contributed by atoms with Gasteiger partial charge in [-0.3, -0.25) is 9.59 Å². The zero-order valence-corrected chi connectivity index (χ0v) is 26.5. The van der Waals surface area contributed by atoms with Gasteiger partial charge in [0.25, 0.3) is 5.91 Å². The first-order valence-electron chi connectivity index (χ1n) is 14.7.